The van der Waals surface area contributed by atoms with Gasteiger partial charge in [-0.25, -0.2) is 9.97 Å². The largest absolute Gasteiger partial charge is 0.377 e. The van der Waals surface area contributed by atoms with E-state index >= 15 is 0 Å². The molecule has 0 radical (unpaired) electrons. The van der Waals surface area contributed by atoms with Gasteiger partial charge in [0.25, 0.3) is 0 Å². The van der Waals surface area contributed by atoms with E-state index in [1.54, 1.807) is 13.3 Å². The summed E-state index contributed by atoms with van der Waals surface area (Å²) >= 11 is 0. The van der Waals surface area contributed by atoms with Gasteiger partial charge in [-0.3, -0.25) is 4.79 Å². The van der Waals surface area contributed by atoms with Gasteiger partial charge >= 0.3 is 0 Å². The Morgan fingerprint density at radius 1 is 1.40 bits per heavy atom. The Labute approximate surface area is 88.7 Å². The zero-order valence-electron chi connectivity index (χ0n) is 8.82. The fourth-order valence-electron chi connectivity index (χ4n) is 1.79. The predicted molar refractivity (Wildman–Crippen MR) is 54.6 cm³/mol. The molecule has 0 atom stereocenters. The third kappa shape index (κ3) is 2.21. The van der Waals surface area contributed by atoms with Crippen LogP contribution in [-0.4, -0.2) is 22.9 Å². The zero-order chi connectivity index (χ0) is 10.7. The predicted octanol–water partition coefficient (Wildman–Crippen LogP) is 1.53. The SMILES string of the molecule is COCc1ncc2c(n1)CCCCC2=O. The van der Waals surface area contributed by atoms with Gasteiger partial charge in [0.15, 0.2) is 11.6 Å². The monoisotopic (exact) mass is 206 g/mol. The number of hydrogen-bond acceptors (Lipinski definition) is 4. The summed E-state index contributed by atoms with van der Waals surface area (Å²) in [6.07, 6.45) is 5.13. The van der Waals surface area contributed by atoms with Crippen molar-refractivity contribution in [2.75, 3.05) is 7.11 Å². The summed E-state index contributed by atoms with van der Waals surface area (Å²) in [6, 6.07) is 0. The van der Waals surface area contributed by atoms with E-state index in [1.165, 1.54) is 0 Å². The number of rotatable bonds is 2. The number of hydrogen-bond donors (Lipinski definition) is 0. The average Bonchev–Trinajstić information content (AvgIpc) is 2.41. The highest BCUT2D eigenvalue weighted by Crippen LogP contribution is 2.18. The quantitative estimate of drug-likeness (QED) is 0.688. The molecule has 80 valence electrons. The molecule has 1 aromatic rings. The zero-order valence-corrected chi connectivity index (χ0v) is 8.82. The molecule has 1 aliphatic rings. The Morgan fingerprint density at radius 3 is 3.00 bits per heavy atom. The molecular formula is C11H14N2O2. The van der Waals surface area contributed by atoms with Crippen LogP contribution in [0.2, 0.25) is 0 Å². The van der Waals surface area contributed by atoms with Gasteiger partial charge in [-0.05, 0) is 19.3 Å². The fraction of sp³-hybridized carbons (Fsp3) is 0.545. The number of carbonyl (C=O) groups is 1. The van der Waals surface area contributed by atoms with Crippen LogP contribution in [0.25, 0.3) is 0 Å². The summed E-state index contributed by atoms with van der Waals surface area (Å²) in [4.78, 5) is 20.1. The number of nitrogens with zero attached hydrogens (tertiary/aromatic N) is 2. The molecule has 4 nitrogen and oxygen atoms in total. The maximum absolute atomic E-state index is 11.7. The van der Waals surface area contributed by atoms with Gasteiger partial charge in [0, 0.05) is 19.7 Å². The van der Waals surface area contributed by atoms with Crippen molar-refractivity contribution in [1.29, 1.82) is 0 Å². The first-order valence-electron chi connectivity index (χ1n) is 5.18. The molecule has 0 spiro atoms. The maximum atomic E-state index is 11.7. The summed E-state index contributed by atoms with van der Waals surface area (Å²) in [7, 11) is 1.61. The Kier molecular flexibility index (Phi) is 3.06. The van der Waals surface area contributed by atoms with Gasteiger partial charge in [0.05, 0.1) is 11.3 Å². The van der Waals surface area contributed by atoms with Crippen LogP contribution in [0.5, 0.6) is 0 Å². The van der Waals surface area contributed by atoms with E-state index in [0.717, 1.165) is 25.0 Å². The number of carbonyl (C=O) groups excluding carboxylic acids is 1. The Morgan fingerprint density at radius 2 is 2.20 bits per heavy atom. The van der Waals surface area contributed by atoms with Crippen molar-refractivity contribution in [2.24, 2.45) is 0 Å². The molecule has 2 rings (SSSR count). The number of aromatic nitrogens is 2. The van der Waals surface area contributed by atoms with E-state index in [-0.39, 0.29) is 5.78 Å². The normalized spacial score (nSPS) is 15.9. The standard InChI is InChI=1S/C11H14N2O2/c1-15-7-11-12-6-8-9(13-11)4-2-3-5-10(8)14/h6H,2-5,7H2,1H3. The highest BCUT2D eigenvalue weighted by atomic mass is 16.5. The first-order valence-corrected chi connectivity index (χ1v) is 5.18. The number of Topliss-reactive ketones (excluding diaryl/α,β-unsaturated/α-hetero) is 1. The van der Waals surface area contributed by atoms with Crippen LogP contribution < -0.4 is 0 Å². The smallest absolute Gasteiger partial charge is 0.166 e. The molecule has 0 fully saturated rings. The van der Waals surface area contributed by atoms with Gasteiger partial charge < -0.3 is 4.74 Å². The first kappa shape index (κ1) is 10.2. The molecule has 1 aromatic heterocycles. The Balaban J connectivity index is 2.33. The summed E-state index contributed by atoms with van der Waals surface area (Å²) in [5, 5.41) is 0. The molecule has 0 bridgehead atoms. The van der Waals surface area contributed by atoms with E-state index in [0.29, 0.717) is 24.4 Å². The summed E-state index contributed by atoms with van der Waals surface area (Å²) in [5.41, 5.74) is 1.59. The van der Waals surface area contributed by atoms with E-state index in [2.05, 4.69) is 9.97 Å². The summed E-state index contributed by atoms with van der Waals surface area (Å²) < 4.78 is 4.97. The number of ether oxygens (including phenoxy) is 1. The molecule has 0 saturated carbocycles. The second-order valence-corrected chi connectivity index (χ2v) is 3.71. The van der Waals surface area contributed by atoms with Crippen LogP contribution in [0.4, 0.5) is 0 Å². The average molecular weight is 206 g/mol. The molecular weight excluding hydrogens is 192 g/mol. The first-order chi connectivity index (χ1) is 7.31. The minimum absolute atomic E-state index is 0.173. The molecule has 0 aliphatic heterocycles. The molecule has 1 heterocycles. The van der Waals surface area contributed by atoms with Crippen LogP contribution in [0.1, 0.15) is 41.1 Å². The molecule has 4 heteroatoms. The van der Waals surface area contributed by atoms with Crippen LogP contribution in [0, 0.1) is 0 Å². The third-order valence-corrected chi connectivity index (χ3v) is 2.56. The van der Waals surface area contributed by atoms with Gasteiger partial charge in [0.1, 0.15) is 6.61 Å². The van der Waals surface area contributed by atoms with Crippen LogP contribution in [0.3, 0.4) is 0 Å². The van der Waals surface area contributed by atoms with E-state index in [4.69, 9.17) is 4.74 Å². The van der Waals surface area contributed by atoms with Crippen LogP contribution >= 0.6 is 0 Å². The molecule has 0 N–H and O–H groups in total. The molecule has 1 aliphatic carbocycles. The van der Waals surface area contributed by atoms with Crippen molar-refractivity contribution in [3.8, 4) is 0 Å². The van der Waals surface area contributed by atoms with Crippen molar-refractivity contribution in [1.82, 2.24) is 9.97 Å². The minimum Gasteiger partial charge on any atom is -0.377 e. The lowest BCUT2D eigenvalue weighted by molar-refractivity contribution is 0.0981. The third-order valence-electron chi connectivity index (χ3n) is 2.56. The second kappa shape index (κ2) is 4.49. The molecule has 0 unspecified atom stereocenters. The Hall–Kier alpha value is -1.29. The lowest BCUT2D eigenvalue weighted by Crippen LogP contribution is -2.07. The van der Waals surface area contributed by atoms with E-state index in [9.17, 15) is 4.79 Å². The van der Waals surface area contributed by atoms with Crippen molar-refractivity contribution < 1.29 is 9.53 Å². The maximum Gasteiger partial charge on any atom is 0.166 e. The second-order valence-electron chi connectivity index (χ2n) is 3.71. The van der Waals surface area contributed by atoms with Gasteiger partial charge in [-0.15, -0.1) is 0 Å². The van der Waals surface area contributed by atoms with Crippen molar-refractivity contribution in [2.45, 2.75) is 32.3 Å². The summed E-state index contributed by atoms with van der Waals surface area (Å²) in [6.45, 7) is 0.404. The number of aryl methyl sites for hydroxylation is 1. The minimum atomic E-state index is 0.173. The Bertz CT molecular complexity index is 377. The van der Waals surface area contributed by atoms with E-state index < -0.39 is 0 Å². The van der Waals surface area contributed by atoms with Crippen LogP contribution in [0.15, 0.2) is 6.20 Å². The highest BCUT2D eigenvalue weighted by Gasteiger charge is 2.17. The molecule has 0 saturated heterocycles. The molecule has 15 heavy (non-hydrogen) atoms. The van der Waals surface area contributed by atoms with Gasteiger partial charge in [-0.2, -0.15) is 0 Å². The number of ketones is 1. The number of methoxy groups -OCH3 is 1. The number of fused-ring (bicyclic) bond motifs is 1. The van der Waals surface area contributed by atoms with E-state index in [1.807, 2.05) is 0 Å². The molecule has 0 aromatic carbocycles. The summed E-state index contributed by atoms with van der Waals surface area (Å²) in [5.74, 6) is 0.831. The van der Waals surface area contributed by atoms with Crippen LogP contribution in [-0.2, 0) is 17.8 Å². The lowest BCUT2D eigenvalue weighted by Gasteiger charge is -2.05. The van der Waals surface area contributed by atoms with Crippen molar-refractivity contribution >= 4 is 5.78 Å². The van der Waals surface area contributed by atoms with Gasteiger partial charge in [0.2, 0.25) is 0 Å². The van der Waals surface area contributed by atoms with Crippen molar-refractivity contribution in [3.63, 3.8) is 0 Å². The lowest BCUT2D eigenvalue weighted by atomic mass is 10.1. The molecule has 0 amide bonds. The highest BCUT2D eigenvalue weighted by molar-refractivity contribution is 5.97. The topological polar surface area (TPSA) is 52.1 Å². The van der Waals surface area contributed by atoms with Crippen molar-refractivity contribution in [3.05, 3.63) is 23.3 Å². The van der Waals surface area contributed by atoms with Gasteiger partial charge in [-0.1, -0.05) is 0 Å². The fourth-order valence-corrected chi connectivity index (χ4v) is 1.79.